The molecule has 0 unspecified atom stereocenters. The van der Waals surface area contributed by atoms with Crippen molar-refractivity contribution in [2.24, 2.45) is 11.5 Å². The second-order valence-electron chi connectivity index (χ2n) is 2.21. The highest BCUT2D eigenvalue weighted by atomic mass is 16.5. The highest BCUT2D eigenvalue weighted by molar-refractivity contribution is 5.72. The molecule has 0 spiro atoms. The zero-order valence-electron chi connectivity index (χ0n) is 7.97. The summed E-state index contributed by atoms with van der Waals surface area (Å²) in [4.78, 5) is 19.5. The first-order chi connectivity index (χ1) is 6.45. The van der Waals surface area contributed by atoms with Gasteiger partial charge in [-0.3, -0.25) is 4.79 Å². The van der Waals surface area contributed by atoms with Gasteiger partial charge in [-0.1, -0.05) is 0 Å². The number of rotatable bonds is 4. The maximum absolute atomic E-state index is 9.85. The van der Waals surface area contributed by atoms with Gasteiger partial charge in [0.05, 0.1) is 6.61 Å². The number of carbonyl (C=O) groups is 2. The van der Waals surface area contributed by atoms with Crippen LogP contribution in [0.3, 0.4) is 0 Å². The highest BCUT2D eigenvalue weighted by Gasteiger charge is 2.08. The molecule has 0 aromatic carbocycles. The quantitative estimate of drug-likeness (QED) is 0.462. The third-order valence-corrected chi connectivity index (χ3v) is 1.04. The Labute approximate surface area is 81.6 Å². The zero-order chi connectivity index (χ0) is 11.6. The summed E-state index contributed by atoms with van der Waals surface area (Å²) in [7, 11) is 0. The van der Waals surface area contributed by atoms with E-state index in [0.717, 1.165) is 0 Å². The Balaban J connectivity index is 0. The van der Waals surface area contributed by atoms with Crippen LogP contribution in [0.5, 0.6) is 0 Å². The summed E-state index contributed by atoms with van der Waals surface area (Å²) in [6, 6.07) is -0.917. The maximum Gasteiger partial charge on any atom is 0.404 e. The van der Waals surface area contributed by atoms with Gasteiger partial charge in [0.25, 0.3) is 0 Å². The number of carbonyl (C=O) groups excluding carboxylic acids is 1. The summed E-state index contributed by atoms with van der Waals surface area (Å²) in [5.74, 6) is -1.07. The summed E-state index contributed by atoms with van der Waals surface area (Å²) in [5, 5.41) is 16.2. The summed E-state index contributed by atoms with van der Waals surface area (Å²) in [6.45, 7) is 1.88. The topological polar surface area (TPSA) is 136 Å². The van der Waals surface area contributed by atoms with E-state index in [9.17, 15) is 9.59 Å². The summed E-state index contributed by atoms with van der Waals surface area (Å²) < 4.78 is 4.18. The maximum atomic E-state index is 9.85. The van der Waals surface area contributed by atoms with Crippen LogP contribution in [-0.2, 0) is 9.53 Å². The van der Waals surface area contributed by atoms with Crippen LogP contribution >= 0.6 is 0 Å². The van der Waals surface area contributed by atoms with E-state index in [4.69, 9.17) is 15.9 Å². The second kappa shape index (κ2) is 9.75. The lowest BCUT2D eigenvalue weighted by Crippen LogP contribution is -2.30. The lowest BCUT2D eigenvalue weighted by molar-refractivity contribution is -0.138. The largest absolute Gasteiger partial charge is 0.480 e. The third-order valence-electron chi connectivity index (χ3n) is 1.04. The van der Waals surface area contributed by atoms with Crippen LogP contribution in [0, 0.1) is 0 Å². The Morgan fingerprint density at radius 1 is 1.50 bits per heavy atom. The molecule has 0 fully saturated rings. The van der Waals surface area contributed by atoms with E-state index in [2.05, 4.69) is 10.5 Å². The van der Waals surface area contributed by atoms with Crippen molar-refractivity contribution in [2.45, 2.75) is 19.4 Å². The van der Waals surface area contributed by atoms with Gasteiger partial charge in [0.2, 0.25) is 0 Å². The average molecular weight is 208 g/mol. The molecule has 84 valence electrons. The van der Waals surface area contributed by atoms with Crippen molar-refractivity contribution in [2.75, 3.05) is 13.2 Å². The molecular weight excluding hydrogens is 192 g/mol. The van der Waals surface area contributed by atoms with Crippen molar-refractivity contribution in [3.05, 3.63) is 0 Å². The van der Waals surface area contributed by atoms with Gasteiger partial charge in [0.1, 0.15) is 6.04 Å². The Bertz CT molecular complexity index is 173. The molecule has 0 radical (unpaired) electrons. The van der Waals surface area contributed by atoms with Crippen LogP contribution in [-0.4, -0.2) is 41.5 Å². The molecule has 6 N–H and O–H groups in total. The molecule has 0 bridgehead atoms. The number of aliphatic hydroxyl groups excluding tert-OH is 1. The van der Waals surface area contributed by atoms with Gasteiger partial charge in [0, 0.05) is 6.61 Å². The van der Waals surface area contributed by atoms with Crippen LogP contribution < -0.4 is 11.5 Å². The number of aliphatic carboxylic acids is 1. The van der Waals surface area contributed by atoms with Crippen LogP contribution in [0.15, 0.2) is 0 Å². The van der Waals surface area contributed by atoms with E-state index in [0.29, 0.717) is 6.61 Å². The molecule has 0 aliphatic rings. The van der Waals surface area contributed by atoms with Crippen LogP contribution in [0.4, 0.5) is 4.79 Å². The van der Waals surface area contributed by atoms with Crippen molar-refractivity contribution in [1.29, 1.82) is 0 Å². The number of hydrogen-bond acceptors (Lipinski definition) is 5. The second-order valence-corrected chi connectivity index (χ2v) is 2.21. The standard InChI is InChI=1S/C4H9NO3.C3H7NO2/c5-3(1-2-6)4(7)8;1-2-6-3(4)5/h3,6H,1-2,5H2,(H,7,8);2H2,1H3,(H2,4,5)/t3-;/m0./s1. The fraction of sp³-hybridized carbons (Fsp3) is 0.714. The van der Waals surface area contributed by atoms with Gasteiger partial charge >= 0.3 is 12.1 Å². The number of ether oxygens (including phenoxy) is 1. The summed E-state index contributed by atoms with van der Waals surface area (Å²) in [5.41, 5.74) is 9.51. The number of nitrogens with two attached hydrogens (primary N) is 2. The molecule has 0 heterocycles. The molecule has 0 aliphatic heterocycles. The smallest absolute Gasteiger partial charge is 0.404 e. The summed E-state index contributed by atoms with van der Waals surface area (Å²) >= 11 is 0. The number of amides is 1. The van der Waals surface area contributed by atoms with Crippen LogP contribution in [0.1, 0.15) is 13.3 Å². The fourth-order valence-corrected chi connectivity index (χ4v) is 0.405. The number of carboxylic acid groups (broad SMARTS) is 1. The molecule has 0 aromatic rings. The van der Waals surface area contributed by atoms with Gasteiger partial charge in [-0.15, -0.1) is 0 Å². The normalized spacial score (nSPS) is 10.8. The van der Waals surface area contributed by atoms with Crippen molar-refractivity contribution in [3.63, 3.8) is 0 Å². The Morgan fingerprint density at radius 2 is 2.00 bits per heavy atom. The van der Waals surface area contributed by atoms with E-state index < -0.39 is 18.1 Å². The SMILES string of the molecule is CCOC(N)=O.N[C@@H](CCO)C(=O)O. The van der Waals surface area contributed by atoms with E-state index in [1.807, 2.05) is 0 Å². The first-order valence-electron chi connectivity index (χ1n) is 3.97. The molecular formula is C7H16N2O5. The van der Waals surface area contributed by atoms with E-state index >= 15 is 0 Å². The Morgan fingerprint density at radius 3 is 2.07 bits per heavy atom. The van der Waals surface area contributed by atoms with Gasteiger partial charge in [-0.2, -0.15) is 0 Å². The molecule has 7 nitrogen and oxygen atoms in total. The molecule has 1 amide bonds. The van der Waals surface area contributed by atoms with Gasteiger partial charge in [-0.25, -0.2) is 4.79 Å². The molecule has 0 aliphatic carbocycles. The van der Waals surface area contributed by atoms with Crippen LogP contribution in [0.25, 0.3) is 0 Å². The number of primary amides is 1. The molecule has 0 aromatic heterocycles. The fourth-order valence-electron chi connectivity index (χ4n) is 0.405. The molecule has 7 heteroatoms. The van der Waals surface area contributed by atoms with Gasteiger partial charge < -0.3 is 26.4 Å². The van der Waals surface area contributed by atoms with E-state index in [1.165, 1.54) is 0 Å². The van der Waals surface area contributed by atoms with E-state index in [-0.39, 0.29) is 13.0 Å². The number of carboxylic acids is 1. The van der Waals surface area contributed by atoms with Crippen molar-refractivity contribution < 1.29 is 24.5 Å². The van der Waals surface area contributed by atoms with Crippen molar-refractivity contribution >= 4 is 12.1 Å². The van der Waals surface area contributed by atoms with Crippen LogP contribution in [0.2, 0.25) is 0 Å². The molecule has 14 heavy (non-hydrogen) atoms. The minimum absolute atomic E-state index is 0.120. The molecule has 0 saturated carbocycles. The third kappa shape index (κ3) is 13.3. The Hall–Kier alpha value is -1.34. The summed E-state index contributed by atoms with van der Waals surface area (Å²) in [6.07, 6.45) is -0.590. The first-order valence-corrected chi connectivity index (χ1v) is 3.97. The minimum Gasteiger partial charge on any atom is -0.480 e. The number of hydrogen-bond donors (Lipinski definition) is 4. The van der Waals surface area contributed by atoms with Gasteiger partial charge in [0.15, 0.2) is 0 Å². The molecule has 1 atom stereocenters. The average Bonchev–Trinajstić information content (AvgIpc) is 2.05. The predicted octanol–water partition coefficient (Wildman–Crippen LogP) is -1.12. The number of aliphatic hydroxyl groups is 1. The monoisotopic (exact) mass is 208 g/mol. The predicted molar refractivity (Wildman–Crippen MR) is 48.5 cm³/mol. The lowest BCUT2D eigenvalue weighted by atomic mass is 10.2. The highest BCUT2D eigenvalue weighted by Crippen LogP contribution is 1.83. The lowest BCUT2D eigenvalue weighted by Gasteiger charge is -2.00. The zero-order valence-corrected chi connectivity index (χ0v) is 7.97. The Kier molecular flexibility index (Phi) is 10.5. The van der Waals surface area contributed by atoms with E-state index in [1.54, 1.807) is 6.92 Å². The molecule has 0 saturated heterocycles. The first kappa shape index (κ1) is 15.1. The molecule has 0 rings (SSSR count). The minimum atomic E-state index is -1.07. The van der Waals surface area contributed by atoms with Gasteiger partial charge in [-0.05, 0) is 13.3 Å². The van der Waals surface area contributed by atoms with Crippen molar-refractivity contribution in [3.8, 4) is 0 Å². The van der Waals surface area contributed by atoms with Crippen molar-refractivity contribution in [1.82, 2.24) is 0 Å².